The van der Waals surface area contributed by atoms with Crippen molar-refractivity contribution < 1.29 is 9.53 Å². The van der Waals surface area contributed by atoms with Crippen molar-refractivity contribution in [3.05, 3.63) is 0 Å². The fraction of sp³-hybridized carbons (Fsp3) is 0.800. The van der Waals surface area contributed by atoms with Crippen LogP contribution in [0.4, 0.5) is 0 Å². The van der Waals surface area contributed by atoms with E-state index in [1.54, 1.807) is 0 Å². The van der Waals surface area contributed by atoms with Crippen molar-refractivity contribution >= 4 is 5.91 Å². The topological polar surface area (TPSA) is 54.3 Å². The van der Waals surface area contributed by atoms with Crippen LogP contribution in [0.5, 0.6) is 0 Å². The molecule has 0 aromatic carbocycles. The Kier molecular flexibility index (Phi) is 3.75. The third-order valence-corrected chi connectivity index (χ3v) is 4.69. The average molecular weight is 275 g/mol. The van der Waals surface area contributed by atoms with Gasteiger partial charge in [0.2, 0.25) is 5.91 Å². The minimum Gasteiger partial charge on any atom is -0.381 e. The first-order chi connectivity index (χ1) is 9.72. The molecule has 2 fully saturated rings. The second-order valence-corrected chi connectivity index (χ2v) is 6.07. The standard InChI is InChI=1S/C15H21N3O2/c1-2-3-6-15(16-17-15)7-4-14(19)18-9-13(10-18)12-5-8-20-11-12/h1,12-13H,3-11H2. The highest BCUT2D eigenvalue weighted by atomic mass is 16.5. The fourth-order valence-corrected chi connectivity index (χ4v) is 3.07. The molecule has 1 atom stereocenters. The minimum atomic E-state index is -0.328. The Bertz CT molecular complexity index is 437. The van der Waals surface area contributed by atoms with Crippen LogP contribution in [0.1, 0.15) is 32.1 Å². The summed E-state index contributed by atoms with van der Waals surface area (Å²) in [5, 5.41) is 8.13. The summed E-state index contributed by atoms with van der Waals surface area (Å²) in [6.07, 6.45) is 9.10. The average Bonchev–Trinajstić information content (AvgIpc) is 2.97. The van der Waals surface area contributed by atoms with Crippen molar-refractivity contribution in [2.45, 2.75) is 37.8 Å². The number of ether oxygens (including phenoxy) is 1. The molecule has 0 bridgehead atoms. The van der Waals surface area contributed by atoms with E-state index in [4.69, 9.17) is 11.2 Å². The van der Waals surface area contributed by atoms with Gasteiger partial charge in [0, 0.05) is 52.0 Å². The van der Waals surface area contributed by atoms with Crippen molar-refractivity contribution in [3.63, 3.8) is 0 Å². The molecule has 1 unspecified atom stereocenters. The normalized spacial score (nSPS) is 27.1. The van der Waals surface area contributed by atoms with Gasteiger partial charge in [0.25, 0.3) is 0 Å². The van der Waals surface area contributed by atoms with Crippen molar-refractivity contribution in [3.8, 4) is 12.3 Å². The van der Waals surface area contributed by atoms with E-state index in [2.05, 4.69) is 16.1 Å². The monoisotopic (exact) mass is 275 g/mol. The molecule has 5 nitrogen and oxygen atoms in total. The molecule has 0 aliphatic carbocycles. The van der Waals surface area contributed by atoms with E-state index in [9.17, 15) is 4.79 Å². The Morgan fingerprint density at radius 3 is 2.75 bits per heavy atom. The Morgan fingerprint density at radius 2 is 2.15 bits per heavy atom. The first-order valence-electron chi connectivity index (χ1n) is 7.45. The Labute approximate surface area is 119 Å². The van der Waals surface area contributed by atoms with Gasteiger partial charge in [-0.05, 0) is 18.3 Å². The molecule has 2 saturated heterocycles. The van der Waals surface area contributed by atoms with E-state index in [-0.39, 0.29) is 11.6 Å². The molecule has 1 amide bonds. The molecule has 3 aliphatic rings. The maximum absolute atomic E-state index is 12.1. The molecule has 3 heterocycles. The van der Waals surface area contributed by atoms with Gasteiger partial charge in [0.1, 0.15) is 0 Å². The highest BCUT2D eigenvalue weighted by molar-refractivity contribution is 5.77. The van der Waals surface area contributed by atoms with Crippen LogP contribution in [-0.4, -0.2) is 42.8 Å². The Morgan fingerprint density at radius 1 is 1.35 bits per heavy atom. The zero-order chi connectivity index (χ0) is 14.0. The van der Waals surface area contributed by atoms with Gasteiger partial charge in [-0.3, -0.25) is 4.79 Å². The lowest BCUT2D eigenvalue weighted by atomic mass is 9.85. The lowest BCUT2D eigenvalue weighted by molar-refractivity contribution is -0.139. The van der Waals surface area contributed by atoms with Gasteiger partial charge in [-0.25, -0.2) is 0 Å². The number of amides is 1. The summed E-state index contributed by atoms with van der Waals surface area (Å²) in [7, 11) is 0. The highest BCUT2D eigenvalue weighted by Crippen LogP contribution is 2.38. The SMILES string of the molecule is C#CCCC1(CCC(=O)N2CC(C3CCOC3)C2)N=N1. The first-order valence-corrected chi connectivity index (χ1v) is 7.45. The maximum atomic E-state index is 12.1. The molecular weight excluding hydrogens is 254 g/mol. The van der Waals surface area contributed by atoms with Crippen LogP contribution in [0.25, 0.3) is 0 Å². The van der Waals surface area contributed by atoms with Crippen LogP contribution in [0.15, 0.2) is 10.2 Å². The van der Waals surface area contributed by atoms with Crippen molar-refractivity contribution in [2.24, 2.45) is 22.1 Å². The number of carbonyl (C=O) groups excluding carboxylic acids is 1. The number of hydrogen-bond donors (Lipinski definition) is 0. The maximum Gasteiger partial charge on any atom is 0.222 e. The van der Waals surface area contributed by atoms with E-state index in [1.807, 2.05) is 4.90 Å². The summed E-state index contributed by atoms with van der Waals surface area (Å²) in [6.45, 7) is 3.56. The predicted molar refractivity (Wildman–Crippen MR) is 73.9 cm³/mol. The van der Waals surface area contributed by atoms with E-state index < -0.39 is 0 Å². The third-order valence-electron chi connectivity index (χ3n) is 4.69. The Balaban J connectivity index is 1.35. The lowest BCUT2D eigenvalue weighted by Crippen LogP contribution is -2.52. The zero-order valence-corrected chi connectivity index (χ0v) is 11.8. The van der Waals surface area contributed by atoms with E-state index in [0.29, 0.717) is 31.1 Å². The molecule has 3 aliphatic heterocycles. The van der Waals surface area contributed by atoms with Gasteiger partial charge in [-0.2, -0.15) is 10.2 Å². The molecule has 0 spiro atoms. The van der Waals surface area contributed by atoms with Gasteiger partial charge in [-0.15, -0.1) is 12.3 Å². The predicted octanol–water partition coefficient (Wildman–Crippen LogP) is 1.84. The Hall–Kier alpha value is -1.41. The van der Waals surface area contributed by atoms with E-state index in [1.165, 1.54) is 0 Å². The van der Waals surface area contributed by atoms with Crippen LogP contribution in [0, 0.1) is 24.2 Å². The number of hydrogen-bond acceptors (Lipinski definition) is 4. The van der Waals surface area contributed by atoms with Crippen molar-refractivity contribution in [1.29, 1.82) is 0 Å². The lowest BCUT2D eigenvalue weighted by Gasteiger charge is -2.42. The molecule has 5 heteroatoms. The molecule has 0 N–H and O–H groups in total. The molecule has 20 heavy (non-hydrogen) atoms. The summed E-state index contributed by atoms with van der Waals surface area (Å²) < 4.78 is 5.40. The minimum absolute atomic E-state index is 0.234. The molecule has 0 aromatic heterocycles. The second-order valence-electron chi connectivity index (χ2n) is 6.07. The number of rotatable bonds is 6. The smallest absolute Gasteiger partial charge is 0.222 e. The van der Waals surface area contributed by atoms with E-state index in [0.717, 1.165) is 39.1 Å². The zero-order valence-electron chi connectivity index (χ0n) is 11.8. The number of carbonyl (C=O) groups is 1. The van der Waals surface area contributed by atoms with Crippen LogP contribution in [-0.2, 0) is 9.53 Å². The summed E-state index contributed by atoms with van der Waals surface area (Å²) in [5.41, 5.74) is -0.328. The molecular formula is C15H21N3O2. The molecule has 108 valence electrons. The number of nitrogens with zero attached hydrogens (tertiary/aromatic N) is 3. The van der Waals surface area contributed by atoms with Crippen LogP contribution in [0.2, 0.25) is 0 Å². The van der Waals surface area contributed by atoms with Gasteiger partial charge in [0.15, 0.2) is 5.66 Å². The van der Waals surface area contributed by atoms with Crippen LogP contribution in [0.3, 0.4) is 0 Å². The quantitative estimate of drug-likeness (QED) is 0.694. The van der Waals surface area contributed by atoms with Crippen molar-refractivity contribution in [2.75, 3.05) is 26.3 Å². The third kappa shape index (κ3) is 2.85. The van der Waals surface area contributed by atoms with Crippen LogP contribution >= 0.6 is 0 Å². The summed E-state index contributed by atoms with van der Waals surface area (Å²) >= 11 is 0. The molecule has 0 saturated carbocycles. The van der Waals surface area contributed by atoms with Gasteiger partial charge in [-0.1, -0.05) is 0 Å². The summed E-state index contributed by atoms with van der Waals surface area (Å²) in [4.78, 5) is 14.1. The van der Waals surface area contributed by atoms with Crippen LogP contribution < -0.4 is 0 Å². The fourth-order valence-electron chi connectivity index (χ4n) is 3.07. The van der Waals surface area contributed by atoms with E-state index >= 15 is 0 Å². The molecule has 3 rings (SSSR count). The highest BCUT2D eigenvalue weighted by Gasteiger charge is 2.41. The molecule has 0 radical (unpaired) electrons. The number of likely N-dealkylation sites (tertiary alicyclic amines) is 1. The number of terminal acetylenes is 1. The van der Waals surface area contributed by atoms with Gasteiger partial charge in [0.05, 0.1) is 0 Å². The second kappa shape index (κ2) is 5.53. The van der Waals surface area contributed by atoms with Gasteiger partial charge >= 0.3 is 0 Å². The first kappa shape index (κ1) is 13.6. The largest absolute Gasteiger partial charge is 0.381 e. The van der Waals surface area contributed by atoms with Crippen molar-refractivity contribution in [1.82, 2.24) is 4.90 Å². The summed E-state index contributed by atoms with van der Waals surface area (Å²) in [5.74, 6) is 4.15. The molecule has 0 aromatic rings. The summed E-state index contributed by atoms with van der Waals surface area (Å²) in [6, 6.07) is 0. The van der Waals surface area contributed by atoms with Gasteiger partial charge < -0.3 is 9.64 Å².